The molecule has 190 valence electrons. The molecule has 1 saturated carbocycles. The summed E-state index contributed by atoms with van der Waals surface area (Å²) in [4.78, 5) is 18.6. The first kappa shape index (κ1) is 24.4. The highest BCUT2D eigenvalue weighted by Crippen LogP contribution is 2.34. The second kappa shape index (κ2) is 10.4. The number of aryl methyl sites for hydroxylation is 2. The molecule has 0 saturated heterocycles. The van der Waals surface area contributed by atoms with E-state index < -0.39 is 0 Å². The Morgan fingerprint density at radius 2 is 1.89 bits per heavy atom. The van der Waals surface area contributed by atoms with E-state index in [0.717, 1.165) is 40.9 Å². The lowest BCUT2D eigenvalue weighted by Gasteiger charge is -2.34. The molecule has 1 atom stereocenters. The Morgan fingerprint density at radius 1 is 1.11 bits per heavy atom. The molecule has 1 aliphatic carbocycles. The Morgan fingerprint density at radius 3 is 2.61 bits per heavy atom. The van der Waals surface area contributed by atoms with Crippen LogP contribution in [0.25, 0.3) is 10.9 Å². The zero-order valence-corrected chi connectivity index (χ0v) is 21.7. The number of pyridine rings is 1. The van der Waals surface area contributed by atoms with Gasteiger partial charge in [-0.3, -0.25) is 9.69 Å². The van der Waals surface area contributed by atoms with E-state index in [1.165, 1.54) is 30.4 Å². The summed E-state index contributed by atoms with van der Waals surface area (Å²) in [6.07, 6.45) is 7.58. The maximum Gasteiger partial charge on any atom is 0.252 e. The summed E-state index contributed by atoms with van der Waals surface area (Å²) in [5, 5.41) is 14.1. The van der Waals surface area contributed by atoms with Crippen LogP contribution in [0, 0.1) is 19.8 Å². The SMILES string of the molecule is Cc1cc2cc(CN(Cc3ccco3)C(c3nnnn3C3CCCCC3)C(C)C)c(=O)[nH]c2cc1C. The average molecular weight is 489 g/mol. The van der Waals surface area contributed by atoms with Gasteiger partial charge < -0.3 is 9.40 Å². The molecule has 0 bridgehead atoms. The molecule has 1 aliphatic rings. The van der Waals surface area contributed by atoms with Gasteiger partial charge in [0.05, 0.1) is 24.9 Å². The third-order valence-corrected chi connectivity index (χ3v) is 7.58. The minimum Gasteiger partial charge on any atom is -0.468 e. The van der Waals surface area contributed by atoms with Crippen LogP contribution >= 0.6 is 0 Å². The second-order valence-electron chi connectivity index (χ2n) is 10.6. The maximum absolute atomic E-state index is 13.2. The third kappa shape index (κ3) is 5.00. The van der Waals surface area contributed by atoms with Crippen molar-refractivity contribution in [2.24, 2.45) is 5.92 Å². The standard InChI is InChI=1S/C28H36N6O2/c1-18(2)26(27-30-31-32-34(27)23-9-6-5-7-10-23)33(17-24-11-8-12-36-24)16-22-15-21-13-19(3)20(4)14-25(21)29-28(22)35/h8,11-15,18,23,26H,5-7,9-10,16-17H2,1-4H3,(H,29,35). The lowest BCUT2D eigenvalue weighted by molar-refractivity contribution is 0.112. The predicted octanol–water partition coefficient (Wildman–Crippen LogP) is 5.63. The lowest BCUT2D eigenvalue weighted by Crippen LogP contribution is -2.36. The van der Waals surface area contributed by atoms with Crippen LogP contribution in [0.4, 0.5) is 0 Å². The van der Waals surface area contributed by atoms with Crippen LogP contribution in [-0.4, -0.2) is 30.1 Å². The van der Waals surface area contributed by atoms with Gasteiger partial charge in [-0.05, 0) is 89.9 Å². The first-order valence-corrected chi connectivity index (χ1v) is 13.1. The average Bonchev–Trinajstić information content (AvgIpc) is 3.54. The molecule has 0 amide bonds. The van der Waals surface area contributed by atoms with Crippen LogP contribution in [0.1, 0.15) is 86.3 Å². The topological polar surface area (TPSA) is 92.8 Å². The number of nitrogens with zero attached hydrogens (tertiary/aromatic N) is 5. The first-order valence-electron chi connectivity index (χ1n) is 13.1. The molecule has 0 radical (unpaired) electrons. The van der Waals surface area contributed by atoms with Gasteiger partial charge >= 0.3 is 0 Å². The first-order chi connectivity index (χ1) is 17.4. The van der Waals surface area contributed by atoms with E-state index in [0.29, 0.717) is 19.1 Å². The van der Waals surface area contributed by atoms with Crippen molar-refractivity contribution in [3.8, 4) is 0 Å². The van der Waals surface area contributed by atoms with Crippen molar-refractivity contribution in [2.75, 3.05) is 0 Å². The van der Waals surface area contributed by atoms with Crippen molar-refractivity contribution in [2.45, 2.75) is 85.0 Å². The van der Waals surface area contributed by atoms with Gasteiger partial charge in [-0.15, -0.1) is 5.10 Å². The van der Waals surface area contributed by atoms with Gasteiger partial charge in [0, 0.05) is 17.6 Å². The largest absolute Gasteiger partial charge is 0.468 e. The van der Waals surface area contributed by atoms with Crippen molar-refractivity contribution in [1.82, 2.24) is 30.1 Å². The van der Waals surface area contributed by atoms with E-state index in [9.17, 15) is 4.79 Å². The van der Waals surface area contributed by atoms with Crippen LogP contribution in [0.2, 0.25) is 0 Å². The number of fused-ring (bicyclic) bond motifs is 1. The van der Waals surface area contributed by atoms with Gasteiger partial charge in [0.1, 0.15) is 5.76 Å². The fourth-order valence-corrected chi connectivity index (χ4v) is 5.58. The Labute approximate surface area is 211 Å². The van der Waals surface area contributed by atoms with Crippen LogP contribution in [0.3, 0.4) is 0 Å². The van der Waals surface area contributed by atoms with Crippen LogP contribution in [0.5, 0.6) is 0 Å². The van der Waals surface area contributed by atoms with E-state index in [4.69, 9.17) is 4.42 Å². The molecule has 0 spiro atoms. The predicted molar refractivity (Wildman–Crippen MR) is 140 cm³/mol. The van der Waals surface area contributed by atoms with E-state index in [-0.39, 0.29) is 17.5 Å². The van der Waals surface area contributed by atoms with Crippen LogP contribution < -0.4 is 5.56 Å². The number of furan rings is 1. The Balaban J connectivity index is 1.55. The van der Waals surface area contributed by atoms with Gasteiger partial charge in [-0.2, -0.15) is 0 Å². The molecule has 5 rings (SSSR count). The quantitative estimate of drug-likeness (QED) is 0.346. The summed E-state index contributed by atoms with van der Waals surface area (Å²) in [6, 6.07) is 10.3. The normalized spacial score (nSPS) is 15.8. The minimum absolute atomic E-state index is 0.0652. The monoisotopic (exact) mass is 488 g/mol. The number of benzene rings is 1. The number of rotatable bonds is 8. The molecule has 36 heavy (non-hydrogen) atoms. The Bertz CT molecular complexity index is 1360. The van der Waals surface area contributed by atoms with E-state index in [1.54, 1.807) is 6.26 Å². The van der Waals surface area contributed by atoms with Crippen molar-refractivity contribution in [3.05, 3.63) is 75.2 Å². The smallest absolute Gasteiger partial charge is 0.252 e. The van der Waals surface area contributed by atoms with Crippen molar-refractivity contribution in [3.63, 3.8) is 0 Å². The number of nitrogens with one attached hydrogen (secondary N) is 1. The molecule has 3 heterocycles. The van der Waals surface area contributed by atoms with Crippen LogP contribution in [0.15, 0.2) is 45.8 Å². The number of tetrazole rings is 1. The summed E-state index contributed by atoms with van der Waals surface area (Å²) in [7, 11) is 0. The molecule has 1 aromatic carbocycles. The summed E-state index contributed by atoms with van der Waals surface area (Å²) in [5.41, 5.74) is 3.90. The van der Waals surface area contributed by atoms with Crippen molar-refractivity contribution in [1.29, 1.82) is 0 Å². The minimum atomic E-state index is -0.0816. The highest BCUT2D eigenvalue weighted by atomic mass is 16.3. The van der Waals surface area contributed by atoms with E-state index in [2.05, 4.69) is 63.9 Å². The summed E-state index contributed by atoms with van der Waals surface area (Å²) in [6.45, 7) is 9.56. The summed E-state index contributed by atoms with van der Waals surface area (Å²) >= 11 is 0. The van der Waals surface area contributed by atoms with Gasteiger partial charge in [0.2, 0.25) is 0 Å². The molecule has 1 N–H and O–H groups in total. The molecule has 1 unspecified atom stereocenters. The molecular formula is C28H36N6O2. The highest BCUT2D eigenvalue weighted by molar-refractivity contribution is 5.80. The van der Waals surface area contributed by atoms with Gasteiger partial charge in [-0.25, -0.2) is 4.68 Å². The molecular weight excluding hydrogens is 452 g/mol. The zero-order chi connectivity index (χ0) is 25.2. The fourth-order valence-electron chi connectivity index (χ4n) is 5.58. The Kier molecular flexibility index (Phi) is 7.05. The number of hydrogen-bond acceptors (Lipinski definition) is 6. The van der Waals surface area contributed by atoms with Crippen molar-refractivity contribution < 1.29 is 4.42 Å². The molecule has 3 aromatic heterocycles. The van der Waals surface area contributed by atoms with Gasteiger partial charge in [0.25, 0.3) is 5.56 Å². The Hall–Kier alpha value is -3.26. The molecule has 0 aliphatic heterocycles. The highest BCUT2D eigenvalue weighted by Gasteiger charge is 2.32. The van der Waals surface area contributed by atoms with Gasteiger partial charge in [-0.1, -0.05) is 33.1 Å². The summed E-state index contributed by atoms with van der Waals surface area (Å²) < 4.78 is 7.79. The number of aromatic nitrogens is 5. The maximum atomic E-state index is 13.2. The molecule has 4 aromatic rings. The van der Waals surface area contributed by atoms with E-state index >= 15 is 0 Å². The number of H-pyrrole nitrogens is 1. The molecule has 8 heteroatoms. The van der Waals surface area contributed by atoms with E-state index in [1.807, 2.05) is 24.3 Å². The zero-order valence-electron chi connectivity index (χ0n) is 21.7. The second-order valence-corrected chi connectivity index (χ2v) is 10.6. The number of hydrogen-bond donors (Lipinski definition) is 1. The third-order valence-electron chi connectivity index (χ3n) is 7.58. The molecule has 1 fully saturated rings. The summed E-state index contributed by atoms with van der Waals surface area (Å²) in [5.74, 6) is 1.94. The lowest BCUT2D eigenvalue weighted by atomic mass is 9.94. The number of aromatic amines is 1. The molecule has 8 nitrogen and oxygen atoms in total. The van der Waals surface area contributed by atoms with Crippen LogP contribution in [-0.2, 0) is 13.1 Å². The van der Waals surface area contributed by atoms with Gasteiger partial charge in [0.15, 0.2) is 5.82 Å². The van der Waals surface area contributed by atoms with Crippen molar-refractivity contribution >= 4 is 10.9 Å². The fraction of sp³-hybridized carbons (Fsp3) is 0.500.